The number of halogens is 4. The van der Waals surface area contributed by atoms with Gasteiger partial charge in [0.1, 0.15) is 10.7 Å². The second-order valence-electron chi connectivity index (χ2n) is 6.36. The van der Waals surface area contributed by atoms with Crippen molar-refractivity contribution in [2.45, 2.75) is 11.1 Å². The minimum atomic E-state index is -4.75. The highest BCUT2D eigenvalue weighted by Crippen LogP contribution is 2.37. The predicted octanol–water partition coefficient (Wildman–Crippen LogP) is 3.63. The number of hydrogen-bond donors (Lipinski definition) is 2. The third-order valence-corrected chi connectivity index (χ3v) is 5.41. The molecule has 1 amide bonds. The Labute approximate surface area is 171 Å². The quantitative estimate of drug-likeness (QED) is 0.504. The molecule has 2 aromatic rings. The van der Waals surface area contributed by atoms with Gasteiger partial charge in [0.2, 0.25) is 10.0 Å². The second-order valence-corrected chi connectivity index (χ2v) is 8.10. The van der Waals surface area contributed by atoms with Crippen molar-refractivity contribution in [1.29, 1.82) is 0 Å². The van der Waals surface area contributed by atoms with Crippen molar-refractivity contribution in [2.24, 2.45) is 0 Å². The van der Waals surface area contributed by atoms with Gasteiger partial charge in [0.05, 0.1) is 11.3 Å². The molecule has 0 saturated carbocycles. The van der Waals surface area contributed by atoms with E-state index in [4.69, 9.17) is 0 Å². The summed E-state index contributed by atoms with van der Waals surface area (Å²) in [7, 11) is -1.16. The van der Waals surface area contributed by atoms with Gasteiger partial charge in [0, 0.05) is 31.9 Å². The molecule has 0 saturated heterocycles. The van der Waals surface area contributed by atoms with Crippen LogP contribution in [0.25, 0.3) is 0 Å². The number of benzene rings is 2. The number of amides is 1. The molecule has 0 fully saturated rings. The molecule has 0 aromatic heterocycles. The van der Waals surface area contributed by atoms with E-state index in [2.05, 4.69) is 16.6 Å². The first-order chi connectivity index (χ1) is 13.9. The van der Waals surface area contributed by atoms with Gasteiger partial charge < -0.3 is 10.2 Å². The van der Waals surface area contributed by atoms with Gasteiger partial charge >= 0.3 is 6.18 Å². The third-order valence-electron chi connectivity index (χ3n) is 3.97. The fourth-order valence-corrected chi connectivity index (χ4v) is 3.54. The standard InChI is InChI=1S/C19H19F4N3O3S/c1-4-9-24-30(28,29)17-10-12(5-7-15(17)20)18(27)25-16-8-6-13(26(2)3)11-14(16)19(21,22)23/h4-8,10-11,24H,1,9H2,2-3H3,(H,25,27). The van der Waals surface area contributed by atoms with E-state index in [9.17, 15) is 30.8 Å². The van der Waals surface area contributed by atoms with E-state index in [0.717, 1.165) is 30.3 Å². The average molecular weight is 445 g/mol. The van der Waals surface area contributed by atoms with Crippen LogP contribution in [0.15, 0.2) is 53.9 Å². The molecule has 2 aromatic carbocycles. The maximum absolute atomic E-state index is 14.0. The number of alkyl halides is 3. The number of nitrogens with zero attached hydrogens (tertiary/aromatic N) is 1. The number of carbonyl (C=O) groups excluding carboxylic acids is 1. The Balaban J connectivity index is 2.42. The smallest absolute Gasteiger partial charge is 0.378 e. The van der Waals surface area contributed by atoms with E-state index in [-0.39, 0.29) is 17.8 Å². The summed E-state index contributed by atoms with van der Waals surface area (Å²) < 4.78 is 80.6. The molecule has 0 unspecified atom stereocenters. The summed E-state index contributed by atoms with van der Waals surface area (Å²) >= 11 is 0. The molecule has 0 spiro atoms. The molecule has 162 valence electrons. The summed E-state index contributed by atoms with van der Waals surface area (Å²) in [5, 5.41) is 2.11. The molecule has 0 aliphatic heterocycles. The van der Waals surface area contributed by atoms with Crippen LogP contribution in [0.4, 0.5) is 28.9 Å². The summed E-state index contributed by atoms with van der Waals surface area (Å²) in [6, 6.07) is 5.80. The third kappa shape index (κ3) is 5.36. The van der Waals surface area contributed by atoms with E-state index in [1.165, 1.54) is 17.0 Å². The molecular formula is C19H19F4N3O3S. The van der Waals surface area contributed by atoms with Gasteiger partial charge in [-0.25, -0.2) is 17.5 Å². The molecule has 0 aliphatic rings. The summed E-state index contributed by atoms with van der Waals surface area (Å²) in [6.45, 7) is 3.16. The summed E-state index contributed by atoms with van der Waals surface area (Å²) in [4.78, 5) is 13.1. The molecule has 0 heterocycles. The van der Waals surface area contributed by atoms with Gasteiger partial charge in [-0.1, -0.05) is 6.08 Å². The molecule has 2 N–H and O–H groups in total. The monoisotopic (exact) mass is 445 g/mol. The van der Waals surface area contributed by atoms with Gasteiger partial charge in [0.15, 0.2) is 0 Å². The topological polar surface area (TPSA) is 78.5 Å². The molecular weight excluding hydrogens is 426 g/mol. The van der Waals surface area contributed by atoms with Crippen LogP contribution in [-0.4, -0.2) is 35.0 Å². The zero-order valence-electron chi connectivity index (χ0n) is 16.0. The highest BCUT2D eigenvalue weighted by molar-refractivity contribution is 7.89. The first-order valence-corrected chi connectivity index (χ1v) is 9.95. The van der Waals surface area contributed by atoms with Crippen molar-refractivity contribution >= 4 is 27.3 Å². The first-order valence-electron chi connectivity index (χ1n) is 8.47. The van der Waals surface area contributed by atoms with Crippen LogP contribution in [0.1, 0.15) is 15.9 Å². The van der Waals surface area contributed by atoms with Gasteiger partial charge in [-0.2, -0.15) is 13.2 Å². The number of nitrogens with one attached hydrogen (secondary N) is 2. The molecule has 2 rings (SSSR count). The lowest BCUT2D eigenvalue weighted by Gasteiger charge is -2.19. The van der Waals surface area contributed by atoms with E-state index >= 15 is 0 Å². The number of hydrogen-bond acceptors (Lipinski definition) is 4. The van der Waals surface area contributed by atoms with Gasteiger partial charge in [-0.05, 0) is 36.4 Å². The van der Waals surface area contributed by atoms with Crippen LogP contribution < -0.4 is 14.9 Å². The van der Waals surface area contributed by atoms with E-state index in [1.807, 2.05) is 0 Å². The zero-order valence-corrected chi connectivity index (χ0v) is 16.9. The molecule has 6 nitrogen and oxygen atoms in total. The fraction of sp³-hybridized carbons (Fsp3) is 0.211. The lowest BCUT2D eigenvalue weighted by Crippen LogP contribution is -2.25. The molecule has 11 heteroatoms. The molecule has 0 radical (unpaired) electrons. The molecule has 0 aliphatic carbocycles. The number of anilines is 2. The first kappa shape index (κ1) is 23.4. The summed E-state index contributed by atoms with van der Waals surface area (Å²) in [5.74, 6) is -2.15. The second kappa shape index (κ2) is 8.84. The highest BCUT2D eigenvalue weighted by atomic mass is 32.2. The van der Waals surface area contributed by atoms with Crippen LogP contribution in [0, 0.1) is 5.82 Å². The van der Waals surface area contributed by atoms with Crippen LogP contribution in [0.2, 0.25) is 0 Å². The van der Waals surface area contributed by atoms with E-state index < -0.39 is 44.1 Å². The van der Waals surface area contributed by atoms with Crippen molar-refractivity contribution in [3.63, 3.8) is 0 Å². The Morgan fingerprint density at radius 1 is 1.17 bits per heavy atom. The number of rotatable bonds is 7. The van der Waals surface area contributed by atoms with Crippen LogP contribution in [0.3, 0.4) is 0 Å². The summed E-state index contributed by atoms with van der Waals surface area (Å²) in [6.07, 6.45) is -3.51. The van der Waals surface area contributed by atoms with Gasteiger partial charge in [0.25, 0.3) is 5.91 Å². The Morgan fingerprint density at radius 3 is 2.40 bits per heavy atom. The van der Waals surface area contributed by atoms with Crippen molar-refractivity contribution in [2.75, 3.05) is 30.9 Å². The Kier molecular flexibility index (Phi) is 6.88. The predicted molar refractivity (Wildman–Crippen MR) is 106 cm³/mol. The van der Waals surface area contributed by atoms with Crippen molar-refractivity contribution in [3.8, 4) is 0 Å². The van der Waals surface area contributed by atoms with Gasteiger partial charge in [-0.3, -0.25) is 4.79 Å². The molecule has 30 heavy (non-hydrogen) atoms. The van der Waals surface area contributed by atoms with E-state index in [1.54, 1.807) is 14.1 Å². The van der Waals surface area contributed by atoms with Crippen molar-refractivity contribution in [3.05, 3.63) is 66.0 Å². The van der Waals surface area contributed by atoms with Crippen LogP contribution >= 0.6 is 0 Å². The lowest BCUT2D eigenvalue weighted by atomic mass is 10.1. The normalized spacial score (nSPS) is 11.8. The minimum absolute atomic E-state index is 0.175. The van der Waals surface area contributed by atoms with E-state index in [0.29, 0.717) is 0 Å². The summed E-state index contributed by atoms with van der Waals surface area (Å²) in [5.41, 5.74) is -1.66. The Bertz CT molecular complexity index is 1070. The van der Waals surface area contributed by atoms with Crippen LogP contribution in [-0.2, 0) is 16.2 Å². The Hall–Kier alpha value is -2.92. The number of sulfonamides is 1. The number of carbonyl (C=O) groups is 1. The van der Waals surface area contributed by atoms with Crippen LogP contribution in [0.5, 0.6) is 0 Å². The maximum atomic E-state index is 14.0. The average Bonchev–Trinajstić information content (AvgIpc) is 2.65. The minimum Gasteiger partial charge on any atom is -0.378 e. The maximum Gasteiger partial charge on any atom is 0.418 e. The highest BCUT2D eigenvalue weighted by Gasteiger charge is 2.34. The molecule has 0 bridgehead atoms. The lowest BCUT2D eigenvalue weighted by molar-refractivity contribution is -0.136. The SMILES string of the molecule is C=CCNS(=O)(=O)c1cc(C(=O)Nc2ccc(N(C)C)cc2C(F)(F)F)ccc1F. The molecule has 0 atom stereocenters. The van der Waals surface area contributed by atoms with Crippen molar-refractivity contribution in [1.82, 2.24) is 4.72 Å². The largest absolute Gasteiger partial charge is 0.418 e. The van der Waals surface area contributed by atoms with Crippen molar-refractivity contribution < 1.29 is 30.8 Å². The fourth-order valence-electron chi connectivity index (χ4n) is 2.45. The Morgan fingerprint density at radius 2 is 1.83 bits per heavy atom. The van der Waals surface area contributed by atoms with Gasteiger partial charge in [-0.15, -0.1) is 6.58 Å². The zero-order chi connectivity index (χ0) is 22.7.